The van der Waals surface area contributed by atoms with Crippen molar-refractivity contribution in [3.8, 4) is 17.0 Å². The van der Waals surface area contributed by atoms with E-state index in [-0.39, 0.29) is 17.9 Å². The van der Waals surface area contributed by atoms with Gasteiger partial charge in [0.15, 0.2) is 5.78 Å². The lowest BCUT2D eigenvalue weighted by molar-refractivity contribution is 0.0966. The maximum Gasteiger partial charge on any atom is 0.267 e. The highest BCUT2D eigenvalue weighted by Crippen LogP contribution is 2.29. The second-order valence-electron chi connectivity index (χ2n) is 7.05. The van der Waals surface area contributed by atoms with Crippen LogP contribution in [0.5, 0.6) is 5.75 Å². The molecule has 152 valence electrons. The van der Waals surface area contributed by atoms with Gasteiger partial charge in [0.2, 0.25) is 0 Å². The summed E-state index contributed by atoms with van der Waals surface area (Å²) in [4.78, 5) is 25.6. The Morgan fingerprint density at radius 3 is 2.53 bits per heavy atom. The van der Waals surface area contributed by atoms with Crippen LogP contribution in [0.4, 0.5) is 0 Å². The minimum Gasteiger partial charge on any atom is -0.497 e. The van der Waals surface area contributed by atoms with E-state index in [0.717, 1.165) is 22.2 Å². The maximum absolute atomic E-state index is 13.2. The zero-order chi connectivity index (χ0) is 21.4. The van der Waals surface area contributed by atoms with Gasteiger partial charge in [-0.1, -0.05) is 23.7 Å². The molecule has 30 heavy (non-hydrogen) atoms. The number of carbonyl (C=O) groups is 1. The van der Waals surface area contributed by atoms with Crippen LogP contribution in [0.15, 0.2) is 59.4 Å². The molecule has 0 saturated carbocycles. The molecule has 0 spiro atoms. The van der Waals surface area contributed by atoms with E-state index < -0.39 is 0 Å². The molecular formula is C23H20ClN3O3. The molecule has 0 fully saturated rings. The summed E-state index contributed by atoms with van der Waals surface area (Å²) in [6, 6.07) is 15.8. The Morgan fingerprint density at radius 2 is 1.83 bits per heavy atom. The minimum absolute atomic E-state index is 0.155. The number of methoxy groups -OCH3 is 1. The van der Waals surface area contributed by atoms with Crippen LogP contribution in [0, 0.1) is 6.92 Å². The number of fused-ring (bicyclic) bond motifs is 1. The number of benzene rings is 2. The van der Waals surface area contributed by atoms with E-state index in [1.165, 1.54) is 10.7 Å². The molecule has 0 atom stereocenters. The third-order valence-electron chi connectivity index (χ3n) is 5.28. The van der Waals surface area contributed by atoms with E-state index in [1.54, 1.807) is 25.3 Å². The summed E-state index contributed by atoms with van der Waals surface area (Å²) < 4.78 is 8.48. The van der Waals surface area contributed by atoms with Crippen LogP contribution in [-0.2, 0) is 13.6 Å². The van der Waals surface area contributed by atoms with Gasteiger partial charge < -0.3 is 9.30 Å². The van der Waals surface area contributed by atoms with Gasteiger partial charge in [0.1, 0.15) is 12.3 Å². The molecule has 0 bridgehead atoms. The Kier molecular flexibility index (Phi) is 5.18. The standard InChI is InChI=1S/C23H20ClN3O3/c1-14-23(18-12-17(30-3)8-10-20(18)26(14)2)21(28)13-27-22(29)11-9-19(25-27)15-4-6-16(24)7-5-15/h4-12H,13H2,1-3H3. The third-order valence-corrected chi connectivity index (χ3v) is 5.53. The van der Waals surface area contributed by atoms with E-state index in [1.807, 2.05) is 48.9 Å². The highest BCUT2D eigenvalue weighted by atomic mass is 35.5. The van der Waals surface area contributed by atoms with Crippen LogP contribution >= 0.6 is 11.6 Å². The van der Waals surface area contributed by atoms with Crippen molar-refractivity contribution < 1.29 is 9.53 Å². The van der Waals surface area contributed by atoms with Crippen molar-refractivity contribution >= 4 is 28.3 Å². The normalized spacial score (nSPS) is 11.1. The number of aromatic nitrogens is 3. The Morgan fingerprint density at radius 1 is 1.10 bits per heavy atom. The van der Waals surface area contributed by atoms with Gasteiger partial charge in [-0.15, -0.1) is 0 Å². The minimum atomic E-state index is -0.337. The Labute approximate surface area is 178 Å². The monoisotopic (exact) mass is 421 g/mol. The first kappa shape index (κ1) is 19.9. The smallest absolute Gasteiger partial charge is 0.267 e. The van der Waals surface area contributed by atoms with Crippen molar-refractivity contribution in [2.75, 3.05) is 7.11 Å². The number of rotatable bonds is 5. The van der Waals surface area contributed by atoms with Crippen LogP contribution in [-0.4, -0.2) is 27.2 Å². The van der Waals surface area contributed by atoms with Crippen molar-refractivity contribution in [1.29, 1.82) is 0 Å². The molecule has 0 N–H and O–H groups in total. The molecular weight excluding hydrogens is 402 g/mol. The van der Waals surface area contributed by atoms with Crippen molar-refractivity contribution in [1.82, 2.24) is 14.3 Å². The molecule has 0 radical (unpaired) electrons. The number of ether oxygens (including phenoxy) is 1. The Hall–Kier alpha value is -3.38. The molecule has 0 aliphatic heterocycles. The first-order chi connectivity index (χ1) is 14.4. The lowest BCUT2D eigenvalue weighted by atomic mass is 10.1. The first-order valence-electron chi connectivity index (χ1n) is 9.39. The van der Waals surface area contributed by atoms with Gasteiger partial charge in [-0.3, -0.25) is 9.59 Å². The quantitative estimate of drug-likeness (QED) is 0.452. The molecule has 0 saturated heterocycles. The SMILES string of the molecule is COc1ccc2c(c1)c(C(=O)Cn1nc(-c3ccc(Cl)cc3)ccc1=O)c(C)n2C. The van der Waals surface area contributed by atoms with Crippen LogP contribution in [0.3, 0.4) is 0 Å². The number of hydrogen-bond acceptors (Lipinski definition) is 4. The number of hydrogen-bond donors (Lipinski definition) is 0. The summed E-state index contributed by atoms with van der Waals surface area (Å²) in [6.07, 6.45) is 0. The number of Topliss-reactive ketones (excluding diaryl/α,β-unsaturated/α-hetero) is 1. The van der Waals surface area contributed by atoms with E-state index in [4.69, 9.17) is 16.3 Å². The van der Waals surface area contributed by atoms with Crippen LogP contribution in [0.1, 0.15) is 16.1 Å². The van der Waals surface area contributed by atoms with E-state index in [2.05, 4.69) is 5.10 Å². The van der Waals surface area contributed by atoms with Crippen molar-refractivity contribution in [2.24, 2.45) is 7.05 Å². The molecule has 2 heterocycles. The maximum atomic E-state index is 13.2. The molecule has 2 aromatic carbocycles. The topological polar surface area (TPSA) is 66.1 Å². The Balaban J connectivity index is 1.74. The zero-order valence-corrected chi connectivity index (χ0v) is 17.6. The lowest BCUT2D eigenvalue weighted by Crippen LogP contribution is -2.26. The highest BCUT2D eigenvalue weighted by molar-refractivity contribution is 6.30. The molecule has 4 rings (SSSR count). The first-order valence-corrected chi connectivity index (χ1v) is 9.77. The summed E-state index contributed by atoms with van der Waals surface area (Å²) in [7, 11) is 3.50. The van der Waals surface area contributed by atoms with Gasteiger partial charge in [0, 0.05) is 45.9 Å². The fourth-order valence-corrected chi connectivity index (χ4v) is 3.71. The number of carbonyl (C=O) groups excluding carboxylic acids is 1. The van der Waals surface area contributed by atoms with Gasteiger partial charge in [-0.25, -0.2) is 4.68 Å². The number of halogens is 1. The molecule has 0 aliphatic carbocycles. The van der Waals surface area contributed by atoms with Gasteiger partial charge in [-0.2, -0.15) is 5.10 Å². The summed E-state index contributed by atoms with van der Waals surface area (Å²) >= 11 is 5.95. The summed E-state index contributed by atoms with van der Waals surface area (Å²) in [5, 5.41) is 5.80. The summed E-state index contributed by atoms with van der Waals surface area (Å²) in [5.74, 6) is 0.483. The second-order valence-corrected chi connectivity index (χ2v) is 7.48. The number of nitrogens with zero attached hydrogens (tertiary/aromatic N) is 3. The van der Waals surface area contributed by atoms with Crippen LogP contribution < -0.4 is 10.3 Å². The fraction of sp³-hybridized carbons (Fsp3) is 0.174. The molecule has 7 heteroatoms. The Bertz CT molecular complexity index is 1320. The van der Waals surface area contributed by atoms with Crippen molar-refractivity contribution in [3.63, 3.8) is 0 Å². The van der Waals surface area contributed by atoms with Crippen molar-refractivity contribution in [2.45, 2.75) is 13.5 Å². The number of aryl methyl sites for hydroxylation is 1. The molecule has 6 nitrogen and oxygen atoms in total. The van der Waals surface area contributed by atoms with Crippen molar-refractivity contribution in [3.05, 3.63) is 81.2 Å². The van der Waals surface area contributed by atoms with E-state index in [9.17, 15) is 9.59 Å². The van der Waals surface area contributed by atoms with Gasteiger partial charge in [0.25, 0.3) is 5.56 Å². The molecule has 0 amide bonds. The largest absolute Gasteiger partial charge is 0.497 e. The molecule has 2 aromatic heterocycles. The predicted octanol–water partition coefficient (Wildman–Crippen LogP) is 4.26. The van der Waals surface area contributed by atoms with Crippen LogP contribution in [0.25, 0.3) is 22.2 Å². The van der Waals surface area contributed by atoms with E-state index in [0.29, 0.717) is 22.0 Å². The molecule has 4 aromatic rings. The van der Waals surface area contributed by atoms with Crippen LogP contribution in [0.2, 0.25) is 5.02 Å². The summed E-state index contributed by atoms with van der Waals surface area (Å²) in [5.41, 5.74) is 3.38. The lowest BCUT2D eigenvalue weighted by Gasteiger charge is -2.08. The second kappa shape index (κ2) is 7.80. The fourth-order valence-electron chi connectivity index (χ4n) is 3.58. The molecule has 0 unspecified atom stereocenters. The average Bonchev–Trinajstić information content (AvgIpc) is 3.00. The summed E-state index contributed by atoms with van der Waals surface area (Å²) in [6.45, 7) is 1.73. The predicted molar refractivity (Wildman–Crippen MR) is 117 cm³/mol. The van der Waals surface area contributed by atoms with Gasteiger partial charge in [-0.05, 0) is 43.3 Å². The van der Waals surface area contributed by atoms with E-state index >= 15 is 0 Å². The van der Waals surface area contributed by atoms with Gasteiger partial charge in [0.05, 0.1) is 12.8 Å². The molecule has 0 aliphatic rings. The number of ketones is 1. The third kappa shape index (κ3) is 3.50. The highest BCUT2D eigenvalue weighted by Gasteiger charge is 2.20. The average molecular weight is 422 g/mol. The zero-order valence-electron chi connectivity index (χ0n) is 16.8. The van der Waals surface area contributed by atoms with Gasteiger partial charge >= 0.3 is 0 Å².